The first kappa shape index (κ1) is 22.6. The van der Waals surface area contributed by atoms with Gasteiger partial charge in [-0.2, -0.15) is 5.10 Å². The Labute approximate surface area is 196 Å². The third-order valence-corrected chi connectivity index (χ3v) is 6.46. The van der Waals surface area contributed by atoms with Gasteiger partial charge < -0.3 is 9.73 Å². The molecular weight excluding hydrogens is 464 g/mol. The maximum atomic E-state index is 13.0. The van der Waals surface area contributed by atoms with Crippen molar-refractivity contribution in [2.24, 2.45) is 0 Å². The third kappa shape index (κ3) is 5.10. The van der Waals surface area contributed by atoms with Crippen LogP contribution in [0, 0.1) is 6.92 Å². The standard InChI is InChI=1S/C23H21ClN4O4S/c1-3-33(30,31)27-19-11-8-17(13-15(19)2)25-23(29)20-14-21(22-5-4-12-32-22)28(26-20)18-9-6-16(24)7-10-18/h4-14,27H,3H2,1-2H3,(H,25,29). The molecule has 170 valence electrons. The molecular formula is C23H21ClN4O4S. The molecule has 0 atom stereocenters. The highest BCUT2D eigenvalue weighted by atomic mass is 35.5. The van der Waals surface area contributed by atoms with Crippen LogP contribution in [0.3, 0.4) is 0 Å². The Hall–Kier alpha value is -3.56. The van der Waals surface area contributed by atoms with Crippen molar-refractivity contribution in [1.82, 2.24) is 9.78 Å². The second-order valence-corrected chi connectivity index (χ2v) is 9.72. The van der Waals surface area contributed by atoms with E-state index >= 15 is 0 Å². The van der Waals surface area contributed by atoms with E-state index in [9.17, 15) is 13.2 Å². The second kappa shape index (κ2) is 9.13. The number of nitrogens with one attached hydrogen (secondary N) is 2. The molecule has 0 bridgehead atoms. The molecule has 10 heteroatoms. The van der Waals surface area contributed by atoms with E-state index in [1.54, 1.807) is 85.5 Å². The molecule has 0 unspecified atom stereocenters. The molecule has 0 spiro atoms. The molecule has 33 heavy (non-hydrogen) atoms. The lowest BCUT2D eigenvalue weighted by atomic mass is 10.2. The fourth-order valence-electron chi connectivity index (χ4n) is 3.16. The summed E-state index contributed by atoms with van der Waals surface area (Å²) in [4.78, 5) is 13.0. The summed E-state index contributed by atoms with van der Waals surface area (Å²) in [6, 6.07) is 17.2. The molecule has 0 radical (unpaired) electrons. The Kier molecular flexibility index (Phi) is 6.26. The maximum Gasteiger partial charge on any atom is 0.276 e. The Morgan fingerprint density at radius 1 is 1.12 bits per heavy atom. The number of aryl methyl sites for hydroxylation is 1. The molecule has 4 rings (SSSR count). The molecule has 0 saturated heterocycles. The first-order valence-electron chi connectivity index (χ1n) is 10.1. The molecule has 2 N–H and O–H groups in total. The van der Waals surface area contributed by atoms with E-state index in [0.29, 0.717) is 39.1 Å². The van der Waals surface area contributed by atoms with Crippen LogP contribution in [0.25, 0.3) is 17.1 Å². The monoisotopic (exact) mass is 484 g/mol. The summed E-state index contributed by atoms with van der Waals surface area (Å²) in [7, 11) is -3.39. The summed E-state index contributed by atoms with van der Waals surface area (Å²) in [6.45, 7) is 3.32. The van der Waals surface area contributed by atoms with Crippen molar-refractivity contribution in [2.75, 3.05) is 15.8 Å². The lowest BCUT2D eigenvalue weighted by Gasteiger charge is -2.11. The minimum atomic E-state index is -3.39. The predicted octanol–water partition coefficient (Wildman–Crippen LogP) is 5.11. The van der Waals surface area contributed by atoms with Crippen LogP contribution in [0.2, 0.25) is 5.02 Å². The van der Waals surface area contributed by atoms with Gasteiger partial charge in [-0.3, -0.25) is 9.52 Å². The van der Waals surface area contributed by atoms with Crippen LogP contribution in [0.1, 0.15) is 23.0 Å². The summed E-state index contributed by atoms with van der Waals surface area (Å²) in [5, 5.41) is 7.86. The van der Waals surface area contributed by atoms with Crippen LogP contribution >= 0.6 is 11.6 Å². The summed E-state index contributed by atoms with van der Waals surface area (Å²) >= 11 is 6.00. The molecule has 0 fully saturated rings. The molecule has 1 amide bonds. The summed E-state index contributed by atoms with van der Waals surface area (Å²) in [5.41, 5.74) is 3.15. The zero-order valence-electron chi connectivity index (χ0n) is 17.9. The van der Waals surface area contributed by atoms with Gasteiger partial charge in [-0.25, -0.2) is 13.1 Å². The van der Waals surface area contributed by atoms with Crippen LogP contribution in [0.5, 0.6) is 0 Å². The number of halogens is 1. The van der Waals surface area contributed by atoms with E-state index in [1.165, 1.54) is 0 Å². The topological polar surface area (TPSA) is 106 Å². The molecule has 2 heterocycles. The van der Waals surface area contributed by atoms with Gasteiger partial charge in [0.05, 0.1) is 23.4 Å². The minimum Gasteiger partial charge on any atom is -0.463 e. The molecule has 8 nitrogen and oxygen atoms in total. The van der Waals surface area contributed by atoms with Gasteiger partial charge in [0, 0.05) is 16.8 Å². The number of anilines is 2. The van der Waals surface area contributed by atoms with Crippen LogP contribution in [-0.4, -0.2) is 29.9 Å². The van der Waals surface area contributed by atoms with Gasteiger partial charge in [0.15, 0.2) is 11.5 Å². The number of hydrogen-bond acceptors (Lipinski definition) is 5. The van der Waals surface area contributed by atoms with Gasteiger partial charge in [-0.05, 0) is 74.0 Å². The van der Waals surface area contributed by atoms with E-state index in [-0.39, 0.29) is 11.4 Å². The first-order chi connectivity index (χ1) is 15.8. The number of benzene rings is 2. The SMILES string of the molecule is CCS(=O)(=O)Nc1ccc(NC(=O)c2cc(-c3ccco3)n(-c3ccc(Cl)cc3)n2)cc1C. The van der Waals surface area contributed by atoms with Gasteiger partial charge in [-0.1, -0.05) is 11.6 Å². The fourth-order valence-corrected chi connectivity index (χ4v) is 4.00. The highest BCUT2D eigenvalue weighted by Crippen LogP contribution is 2.26. The van der Waals surface area contributed by atoms with Crippen molar-refractivity contribution in [1.29, 1.82) is 0 Å². The number of rotatable bonds is 7. The van der Waals surface area contributed by atoms with E-state index < -0.39 is 15.9 Å². The predicted molar refractivity (Wildman–Crippen MR) is 128 cm³/mol. The number of nitrogens with zero attached hydrogens (tertiary/aromatic N) is 2. The molecule has 2 aromatic carbocycles. The van der Waals surface area contributed by atoms with Crippen molar-refractivity contribution in [3.8, 4) is 17.1 Å². The van der Waals surface area contributed by atoms with Crippen molar-refractivity contribution in [3.05, 3.63) is 83.2 Å². The van der Waals surface area contributed by atoms with Crippen molar-refractivity contribution in [3.63, 3.8) is 0 Å². The number of amides is 1. The van der Waals surface area contributed by atoms with Crippen molar-refractivity contribution < 1.29 is 17.6 Å². The smallest absolute Gasteiger partial charge is 0.276 e. The van der Waals surface area contributed by atoms with Gasteiger partial charge in [0.25, 0.3) is 5.91 Å². The lowest BCUT2D eigenvalue weighted by molar-refractivity contribution is 0.102. The summed E-state index contributed by atoms with van der Waals surface area (Å²) in [5.74, 6) is 0.107. The molecule has 0 aliphatic heterocycles. The molecule has 2 aromatic heterocycles. The van der Waals surface area contributed by atoms with Crippen LogP contribution in [0.4, 0.5) is 11.4 Å². The van der Waals surface area contributed by atoms with E-state index in [1.807, 2.05) is 0 Å². The largest absolute Gasteiger partial charge is 0.463 e. The van der Waals surface area contributed by atoms with Crippen LogP contribution in [-0.2, 0) is 10.0 Å². The van der Waals surface area contributed by atoms with Crippen LogP contribution in [0.15, 0.2) is 71.3 Å². The molecule has 0 saturated carbocycles. The summed E-state index contributed by atoms with van der Waals surface area (Å²) in [6.07, 6.45) is 1.55. The number of carbonyl (C=O) groups excluding carboxylic acids is 1. The first-order valence-corrected chi connectivity index (χ1v) is 12.1. The van der Waals surface area contributed by atoms with E-state index in [0.717, 1.165) is 0 Å². The number of aromatic nitrogens is 2. The van der Waals surface area contributed by atoms with Gasteiger partial charge >= 0.3 is 0 Å². The Bertz CT molecular complexity index is 1400. The number of furan rings is 1. The van der Waals surface area contributed by atoms with E-state index in [4.69, 9.17) is 16.0 Å². The fraction of sp³-hybridized carbons (Fsp3) is 0.130. The van der Waals surface area contributed by atoms with Crippen molar-refractivity contribution >= 4 is 38.9 Å². The quantitative estimate of drug-likeness (QED) is 0.379. The van der Waals surface area contributed by atoms with E-state index in [2.05, 4.69) is 15.1 Å². The maximum absolute atomic E-state index is 13.0. The van der Waals surface area contributed by atoms with Gasteiger partial charge in [-0.15, -0.1) is 0 Å². The Balaban J connectivity index is 1.62. The zero-order valence-corrected chi connectivity index (χ0v) is 19.4. The number of hydrogen-bond donors (Lipinski definition) is 2. The zero-order chi connectivity index (χ0) is 23.6. The second-order valence-electron chi connectivity index (χ2n) is 7.27. The highest BCUT2D eigenvalue weighted by molar-refractivity contribution is 7.92. The third-order valence-electron chi connectivity index (χ3n) is 4.92. The Morgan fingerprint density at radius 3 is 2.52 bits per heavy atom. The molecule has 0 aliphatic rings. The minimum absolute atomic E-state index is 0.0286. The molecule has 0 aliphatic carbocycles. The average Bonchev–Trinajstić information content (AvgIpc) is 3.46. The van der Waals surface area contributed by atoms with Crippen molar-refractivity contribution in [2.45, 2.75) is 13.8 Å². The van der Waals surface area contributed by atoms with Gasteiger partial charge in [0.1, 0.15) is 5.69 Å². The average molecular weight is 485 g/mol. The van der Waals surface area contributed by atoms with Gasteiger partial charge in [0.2, 0.25) is 10.0 Å². The summed E-state index contributed by atoms with van der Waals surface area (Å²) < 4.78 is 33.3. The number of carbonyl (C=O) groups is 1. The normalized spacial score (nSPS) is 11.4. The Morgan fingerprint density at radius 2 is 1.88 bits per heavy atom. The number of sulfonamides is 1. The highest BCUT2D eigenvalue weighted by Gasteiger charge is 2.19. The van der Waals surface area contributed by atoms with Crippen LogP contribution < -0.4 is 10.0 Å². The lowest BCUT2D eigenvalue weighted by Crippen LogP contribution is -2.16. The molecule has 4 aromatic rings.